The fraction of sp³-hybridized carbons (Fsp3) is 0.533. The molecule has 2 rings (SSSR count). The van der Waals surface area contributed by atoms with Crippen LogP contribution in [0.2, 0.25) is 0 Å². The van der Waals surface area contributed by atoms with Crippen LogP contribution in [0.25, 0.3) is 0 Å². The van der Waals surface area contributed by atoms with Gasteiger partial charge in [0, 0.05) is 37.2 Å². The standard InChI is InChI=1S/C15H22BrN3O.HI/c1-19(2)14(17)18-11-15(7-9-20-10-8-15)12-3-5-13(16)6-4-12;/h3-6H,7-11H2,1-2H3,(H2,17,18);1H. The van der Waals surface area contributed by atoms with Crippen LogP contribution in [0.4, 0.5) is 0 Å². The van der Waals surface area contributed by atoms with Crippen LogP contribution in [0.5, 0.6) is 0 Å². The molecule has 6 heteroatoms. The Kier molecular flexibility index (Phi) is 7.42. The molecule has 2 N–H and O–H groups in total. The zero-order chi connectivity index (χ0) is 14.6. The van der Waals surface area contributed by atoms with E-state index in [1.54, 1.807) is 0 Å². The van der Waals surface area contributed by atoms with E-state index in [9.17, 15) is 0 Å². The van der Waals surface area contributed by atoms with E-state index < -0.39 is 0 Å². The molecule has 0 saturated carbocycles. The predicted octanol–water partition coefficient (Wildman–Crippen LogP) is 2.99. The van der Waals surface area contributed by atoms with Crippen molar-refractivity contribution in [2.45, 2.75) is 18.3 Å². The van der Waals surface area contributed by atoms with E-state index >= 15 is 0 Å². The van der Waals surface area contributed by atoms with Crippen LogP contribution >= 0.6 is 39.9 Å². The zero-order valence-corrected chi connectivity index (χ0v) is 16.4. The fourth-order valence-corrected chi connectivity index (χ4v) is 2.74. The number of nitrogens with zero attached hydrogens (tertiary/aromatic N) is 2. The average Bonchev–Trinajstić information content (AvgIpc) is 2.46. The average molecular weight is 468 g/mol. The predicted molar refractivity (Wildman–Crippen MR) is 101 cm³/mol. The van der Waals surface area contributed by atoms with Gasteiger partial charge in [-0.25, -0.2) is 0 Å². The highest BCUT2D eigenvalue weighted by Gasteiger charge is 2.34. The molecule has 21 heavy (non-hydrogen) atoms. The van der Waals surface area contributed by atoms with E-state index in [1.807, 2.05) is 19.0 Å². The molecule has 1 aromatic carbocycles. The van der Waals surface area contributed by atoms with Crippen molar-refractivity contribution in [2.75, 3.05) is 33.9 Å². The molecule has 0 radical (unpaired) electrons. The molecule has 0 aliphatic carbocycles. The molecule has 1 fully saturated rings. The highest BCUT2D eigenvalue weighted by molar-refractivity contribution is 14.0. The van der Waals surface area contributed by atoms with E-state index in [4.69, 9.17) is 10.5 Å². The lowest BCUT2D eigenvalue weighted by atomic mass is 9.74. The minimum atomic E-state index is 0. The molecule has 1 aliphatic rings. The van der Waals surface area contributed by atoms with E-state index in [0.717, 1.165) is 30.5 Å². The fourth-order valence-electron chi connectivity index (χ4n) is 2.48. The molecule has 1 aliphatic heterocycles. The van der Waals surface area contributed by atoms with Gasteiger partial charge in [-0.2, -0.15) is 0 Å². The quantitative estimate of drug-likeness (QED) is 0.422. The number of hydrogen-bond donors (Lipinski definition) is 1. The third-order valence-corrected chi connectivity index (χ3v) is 4.44. The van der Waals surface area contributed by atoms with E-state index in [0.29, 0.717) is 12.5 Å². The van der Waals surface area contributed by atoms with Crippen LogP contribution in [-0.4, -0.2) is 44.7 Å². The second-order valence-corrected chi connectivity index (χ2v) is 6.38. The molecule has 118 valence electrons. The third kappa shape index (κ3) is 4.82. The van der Waals surface area contributed by atoms with Crippen molar-refractivity contribution < 1.29 is 4.74 Å². The molecule has 1 heterocycles. The Morgan fingerprint density at radius 3 is 2.38 bits per heavy atom. The van der Waals surface area contributed by atoms with Gasteiger partial charge in [-0.05, 0) is 30.5 Å². The highest BCUT2D eigenvalue weighted by atomic mass is 127. The normalized spacial score (nSPS) is 18.0. The highest BCUT2D eigenvalue weighted by Crippen LogP contribution is 2.35. The molecule has 0 atom stereocenters. The molecule has 0 aromatic heterocycles. The largest absolute Gasteiger partial charge is 0.381 e. The van der Waals surface area contributed by atoms with Crippen molar-refractivity contribution in [1.29, 1.82) is 0 Å². The first kappa shape index (κ1) is 18.7. The second kappa shape index (κ2) is 8.33. The van der Waals surface area contributed by atoms with E-state index in [1.165, 1.54) is 5.56 Å². The summed E-state index contributed by atoms with van der Waals surface area (Å²) in [5.74, 6) is 0.577. The van der Waals surface area contributed by atoms with Gasteiger partial charge >= 0.3 is 0 Å². The first-order valence-corrected chi connectivity index (χ1v) is 7.64. The first-order chi connectivity index (χ1) is 9.53. The number of benzene rings is 1. The first-order valence-electron chi connectivity index (χ1n) is 6.84. The number of aliphatic imine (C=N–C) groups is 1. The van der Waals surface area contributed by atoms with Gasteiger partial charge in [-0.3, -0.25) is 4.99 Å². The van der Waals surface area contributed by atoms with Crippen molar-refractivity contribution in [3.8, 4) is 0 Å². The summed E-state index contributed by atoms with van der Waals surface area (Å²) in [5, 5.41) is 0. The lowest BCUT2D eigenvalue weighted by Gasteiger charge is -2.36. The Bertz CT molecular complexity index is 470. The number of nitrogens with two attached hydrogens (primary N) is 1. The van der Waals surface area contributed by atoms with Crippen LogP contribution in [0.3, 0.4) is 0 Å². The maximum Gasteiger partial charge on any atom is 0.190 e. The summed E-state index contributed by atoms with van der Waals surface area (Å²) < 4.78 is 6.62. The molecule has 4 nitrogen and oxygen atoms in total. The summed E-state index contributed by atoms with van der Waals surface area (Å²) >= 11 is 3.49. The van der Waals surface area contributed by atoms with Gasteiger partial charge in [-0.15, -0.1) is 24.0 Å². The Balaban J connectivity index is 0.00000220. The Hall–Kier alpha value is -0.340. The van der Waals surface area contributed by atoms with Gasteiger partial charge in [0.1, 0.15) is 0 Å². The van der Waals surface area contributed by atoms with Crippen LogP contribution in [-0.2, 0) is 10.2 Å². The van der Waals surface area contributed by atoms with Gasteiger partial charge in [0.2, 0.25) is 0 Å². The lowest BCUT2D eigenvalue weighted by Crippen LogP contribution is -2.39. The molecular formula is C15H23BrIN3O. The molecule has 1 aromatic rings. The van der Waals surface area contributed by atoms with Gasteiger partial charge in [0.25, 0.3) is 0 Å². The Morgan fingerprint density at radius 2 is 1.86 bits per heavy atom. The summed E-state index contributed by atoms with van der Waals surface area (Å²) in [5.41, 5.74) is 7.29. The van der Waals surface area contributed by atoms with Crippen LogP contribution in [0.1, 0.15) is 18.4 Å². The number of guanidine groups is 1. The van der Waals surface area contributed by atoms with Crippen molar-refractivity contribution >= 4 is 45.9 Å². The van der Waals surface area contributed by atoms with Gasteiger partial charge in [0.15, 0.2) is 5.96 Å². The van der Waals surface area contributed by atoms with Crippen molar-refractivity contribution in [3.63, 3.8) is 0 Å². The van der Waals surface area contributed by atoms with E-state index in [-0.39, 0.29) is 29.4 Å². The Labute approximate surface area is 152 Å². The summed E-state index contributed by atoms with van der Waals surface area (Å²) in [6, 6.07) is 8.53. The summed E-state index contributed by atoms with van der Waals surface area (Å²) in [6.45, 7) is 2.28. The van der Waals surface area contributed by atoms with Crippen LogP contribution < -0.4 is 5.73 Å². The minimum Gasteiger partial charge on any atom is -0.381 e. The molecular weight excluding hydrogens is 445 g/mol. The number of rotatable bonds is 3. The second-order valence-electron chi connectivity index (χ2n) is 5.47. The van der Waals surface area contributed by atoms with Crippen LogP contribution in [0, 0.1) is 0 Å². The smallest absolute Gasteiger partial charge is 0.190 e. The monoisotopic (exact) mass is 467 g/mol. The molecule has 1 saturated heterocycles. The van der Waals surface area contributed by atoms with Gasteiger partial charge in [-0.1, -0.05) is 28.1 Å². The number of halogens is 2. The minimum absolute atomic E-state index is 0. The summed E-state index contributed by atoms with van der Waals surface area (Å²) in [6.07, 6.45) is 1.97. The molecule has 0 unspecified atom stereocenters. The molecule has 0 spiro atoms. The van der Waals surface area contributed by atoms with Gasteiger partial charge < -0.3 is 15.4 Å². The van der Waals surface area contributed by atoms with Crippen molar-refractivity contribution in [3.05, 3.63) is 34.3 Å². The van der Waals surface area contributed by atoms with Crippen molar-refractivity contribution in [2.24, 2.45) is 10.7 Å². The number of ether oxygens (including phenoxy) is 1. The summed E-state index contributed by atoms with van der Waals surface area (Å²) in [4.78, 5) is 6.41. The topological polar surface area (TPSA) is 50.8 Å². The molecule has 0 bridgehead atoms. The SMILES string of the molecule is CN(C)C(N)=NCC1(c2ccc(Br)cc2)CCOCC1.I. The molecule has 0 amide bonds. The summed E-state index contributed by atoms with van der Waals surface area (Å²) in [7, 11) is 3.82. The van der Waals surface area contributed by atoms with Crippen LogP contribution in [0.15, 0.2) is 33.7 Å². The lowest BCUT2D eigenvalue weighted by molar-refractivity contribution is 0.0530. The third-order valence-electron chi connectivity index (χ3n) is 3.91. The number of hydrogen-bond acceptors (Lipinski definition) is 2. The van der Waals surface area contributed by atoms with E-state index in [2.05, 4.69) is 45.2 Å². The maximum absolute atomic E-state index is 5.93. The van der Waals surface area contributed by atoms with Crippen molar-refractivity contribution in [1.82, 2.24) is 4.90 Å². The zero-order valence-electron chi connectivity index (χ0n) is 12.5. The maximum atomic E-state index is 5.93. The van der Waals surface area contributed by atoms with Gasteiger partial charge in [0.05, 0.1) is 6.54 Å². The Morgan fingerprint density at radius 1 is 1.29 bits per heavy atom.